The van der Waals surface area contributed by atoms with Crippen LogP contribution in [-0.4, -0.2) is 37.4 Å². The molecule has 1 aliphatic heterocycles. The van der Waals surface area contributed by atoms with E-state index in [2.05, 4.69) is 5.32 Å². The molecule has 0 saturated carbocycles. The van der Waals surface area contributed by atoms with E-state index in [9.17, 15) is 9.59 Å². The maximum atomic E-state index is 13.3. The van der Waals surface area contributed by atoms with Crippen molar-refractivity contribution in [2.24, 2.45) is 0 Å². The SMILES string of the molecule is COc1cc2c(cc1OC)[C@@H](NC(=O)c1c(C)cc(C)n(C[C@H]3CCCO3)c1=O)CC2. The molecule has 1 aromatic carbocycles. The van der Waals surface area contributed by atoms with Crippen LogP contribution in [0.15, 0.2) is 23.0 Å². The first-order valence-electron chi connectivity index (χ1n) is 10.8. The number of aromatic nitrogens is 1. The number of nitrogens with one attached hydrogen (secondary N) is 1. The van der Waals surface area contributed by atoms with Gasteiger partial charge >= 0.3 is 0 Å². The molecule has 1 aliphatic carbocycles. The van der Waals surface area contributed by atoms with Crippen LogP contribution in [-0.2, 0) is 17.7 Å². The Kier molecular flexibility index (Phi) is 6.05. The zero-order valence-electron chi connectivity index (χ0n) is 18.6. The lowest BCUT2D eigenvalue weighted by Crippen LogP contribution is -2.37. The summed E-state index contributed by atoms with van der Waals surface area (Å²) in [4.78, 5) is 26.5. The summed E-state index contributed by atoms with van der Waals surface area (Å²) >= 11 is 0. The fourth-order valence-electron chi connectivity index (χ4n) is 4.74. The van der Waals surface area contributed by atoms with Crippen molar-refractivity contribution in [2.45, 2.75) is 58.2 Å². The molecule has 1 saturated heterocycles. The third kappa shape index (κ3) is 4.06. The Morgan fingerprint density at radius 2 is 1.90 bits per heavy atom. The maximum absolute atomic E-state index is 13.3. The number of ether oxygens (including phenoxy) is 3. The molecule has 2 aliphatic rings. The molecule has 0 bridgehead atoms. The number of benzene rings is 1. The highest BCUT2D eigenvalue weighted by atomic mass is 16.5. The average molecular weight is 427 g/mol. The van der Waals surface area contributed by atoms with E-state index >= 15 is 0 Å². The number of hydrogen-bond donors (Lipinski definition) is 1. The highest BCUT2D eigenvalue weighted by Crippen LogP contribution is 2.39. The number of rotatable bonds is 6. The largest absolute Gasteiger partial charge is 0.493 e. The molecule has 0 spiro atoms. The minimum atomic E-state index is -0.337. The van der Waals surface area contributed by atoms with E-state index in [1.54, 1.807) is 18.8 Å². The van der Waals surface area contributed by atoms with Crippen molar-refractivity contribution in [3.63, 3.8) is 0 Å². The molecule has 166 valence electrons. The van der Waals surface area contributed by atoms with Gasteiger partial charge in [0.05, 0.1) is 32.9 Å². The quantitative estimate of drug-likeness (QED) is 0.768. The van der Waals surface area contributed by atoms with Crippen LogP contribution in [0, 0.1) is 13.8 Å². The standard InChI is InChI=1S/C24H30N2O5/c1-14-10-15(2)26(13-17-6-5-9-31-17)24(28)22(14)23(27)25-19-8-7-16-11-20(29-3)21(30-4)12-18(16)19/h10-12,17,19H,5-9,13H2,1-4H3,(H,25,27)/t17-,19+/m1/s1. The smallest absolute Gasteiger partial charge is 0.263 e. The number of methoxy groups -OCH3 is 2. The first-order valence-corrected chi connectivity index (χ1v) is 10.8. The summed E-state index contributed by atoms with van der Waals surface area (Å²) in [5.74, 6) is 0.976. The van der Waals surface area contributed by atoms with Crippen LogP contribution >= 0.6 is 0 Å². The second kappa shape index (κ2) is 8.75. The minimum Gasteiger partial charge on any atom is -0.493 e. The van der Waals surface area contributed by atoms with Gasteiger partial charge in [0.1, 0.15) is 5.56 Å². The van der Waals surface area contributed by atoms with E-state index in [1.165, 1.54) is 0 Å². The fourth-order valence-corrected chi connectivity index (χ4v) is 4.74. The third-order valence-corrected chi connectivity index (χ3v) is 6.37. The van der Waals surface area contributed by atoms with Gasteiger partial charge in [-0.3, -0.25) is 9.59 Å². The number of hydrogen-bond acceptors (Lipinski definition) is 5. The monoisotopic (exact) mass is 426 g/mol. The molecule has 4 rings (SSSR count). The van der Waals surface area contributed by atoms with Crippen molar-refractivity contribution in [2.75, 3.05) is 20.8 Å². The number of carbonyl (C=O) groups excluding carboxylic acids is 1. The number of amides is 1. The Labute approximate surface area is 182 Å². The highest BCUT2D eigenvalue weighted by Gasteiger charge is 2.29. The lowest BCUT2D eigenvalue weighted by Gasteiger charge is -2.19. The molecule has 1 amide bonds. The summed E-state index contributed by atoms with van der Waals surface area (Å²) in [6.07, 6.45) is 3.57. The maximum Gasteiger partial charge on any atom is 0.263 e. The number of carbonyl (C=O) groups is 1. The van der Waals surface area contributed by atoms with Crippen molar-refractivity contribution in [3.8, 4) is 11.5 Å². The Morgan fingerprint density at radius 3 is 2.58 bits per heavy atom. The molecular formula is C24H30N2O5. The van der Waals surface area contributed by atoms with Gasteiger partial charge in [-0.25, -0.2) is 0 Å². The zero-order chi connectivity index (χ0) is 22.1. The summed E-state index contributed by atoms with van der Waals surface area (Å²) in [7, 11) is 3.21. The van der Waals surface area contributed by atoms with Crippen molar-refractivity contribution in [1.29, 1.82) is 0 Å². The number of nitrogens with zero attached hydrogens (tertiary/aromatic N) is 1. The van der Waals surface area contributed by atoms with Gasteiger partial charge in [0.25, 0.3) is 11.5 Å². The van der Waals surface area contributed by atoms with Gasteiger partial charge in [-0.15, -0.1) is 0 Å². The van der Waals surface area contributed by atoms with Crippen LogP contribution in [0.3, 0.4) is 0 Å². The predicted molar refractivity (Wildman–Crippen MR) is 117 cm³/mol. The summed E-state index contributed by atoms with van der Waals surface area (Å²) < 4.78 is 18.2. The lowest BCUT2D eigenvalue weighted by molar-refractivity contribution is 0.0916. The van der Waals surface area contributed by atoms with Gasteiger partial charge in [-0.1, -0.05) is 0 Å². The van der Waals surface area contributed by atoms with Gasteiger partial charge in [0.15, 0.2) is 11.5 Å². The van der Waals surface area contributed by atoms with Gasteiger partial charge in [-0.2, -0.15) is 0 Å². The molecule has 0 unspecified atom stereocenters. The lowest BCUT2D eigenvalue weighted by atomic mass is 10.0. The van der Waals surface area contributed by atoms with E-state index in [0.29, 0.717) is 23.6 Å². The molecule has 1 N–H and O–H groups in total. The number of aryl methyl sites for hydroxylation is 3. The molecule has 2 aromatic rings. The fraction of sp³-hybridized carbons (Fsp3) is 0.500. The van der Waals surface area contributed by atoms with Gasteiger partial charge in [0, 0.05) is 12.3 Å². The summed E-state index contributed by atoms with van der Waals surface area (Å²) in [6.45, 7) is 4.93. The van der Waals surface area contributed by atoms with Crippen molar-refractivity contribution in [3.05, 3.63) is 56.5 Å². The van der Waals surface area contributed by atoms with Crippen molar-refractivity contribution < 1.29 is 19.0 Å². The second-order valence-corrected chi connectivity index (χ2v) is 8.37. The molecular weight excluding hydrogens is 396 g/mol. The topological polar surface area (TPSA) is 78.8 Å². The van der Waals surface area contributed by atoms with E-state index in [-0.39, 0.29) is 29.2 Å². The normalized spacial score (nSPS) is 19.9. The van der Waals surface area contributed by atoms with Crippen LogP contribution in [0.2, 0.25) is 0 Å². The molecule has 7 heteroatoms. The predicted octanol–water partition coefficient (Wildman–Crippen LogP) is 3.08. The molecule has 31 heavy (non-hydrogen) atoms. The number of pyridine rings is 1. The van der Waals surface area contributed by atoms with Crippen LogP contribution in [0.25, 0.3) is 0 Å². The highest BCUT2D eigenvalue weighted by molar-refractivity contribution is 5.95. The van der Waals surface area contributed by atoms with E-state index in [4.69, 9.17) is 14.2 Å². The van der Waals surface area contributed by atoms with Crippen LogP contribution in [0.4, 0.5) is 0 Å². The van der Waals surface area contributed by atoms with Crippen LogP contribution < -0.4 is 20.3 Å². The molecule has 1 fully saturated rings. The molecule has 2 atom stereocenters. The molecule has 0 radical (unpaired) electrons. The summed E-state index contributed by atoms with van der Waals surface area (Å²) in [5, 5.41) is 3.08. The minimum absolute atomic E-state index is 0.0270. The molecule has 7 nitrogen and oxygen atoms in total. The molecule has 1 aromatic heterocycles. The average Bonchev–Trinajstić information content (AvgIpc) is 3.39. The first-order chi connectivity index (χ1) is 14.9. The van der Waals surface area contributed by atoms with Gasteiger partial charge in [-0.05, 0) is 74.4 Å². The van der Waals surface area contributed by atoms with Crippen molar-refractivity contribution in [1.82, 2.24) is 9.88 Å². The van der Waals surface area contributed by atoms with Crippen LogP contribution in [0.5, 0.6) is 11.5 Å². The van der Waals surface area contributed by atoms with Gasteiger partial charge in [0.2, 0.25) is 0 Å². The Hall–Kier alpha value is -2.80. The molecule has 2 heterocycles. The Balaban J connectivity index is 1.61. The van der Waals surface area contributed by atoms with E-state index in [0.717, 1.165) is 49.1 Å². The second-order valence-electron chi connectivity index (χ2n) is 8.37. The van der Waals surface area contributed by atoms with E-state index in [1.807, 2.05) is 32.0 Å². The Bertz CT molecular complexity index is 1050. The van der Waals surface area contributed by atoms with Crippen molar-refractivity contribution >= 4 is 5.91 Å². The first kappa shape index (κ1) is 21.4. The third-order valence-electron chi connectivity index (χ3n) is 6.37. The van der Waals surface area contributed by atoms with E-state index < -0.39 is 0 Å². The van der Waals surface area contributed by atoms with Gasteiger partial charge < -0.3 is 24.1 Å². The zero-order valence-corrected chi connectivity index (χ0v) is 18.6. The summed E-state index contributed by atoms with van der Waals surface area (Å²) in [6, 6.07) is 5.62. The summed E-state index contributed by atoms with van der Waals surface area (Å²) in [5.41, 5.74) is 3.62. The van der Waals surface area contributed by atoms with Crippen LogP contribution in [0.1, 0.15) is 58.0 Å². The number of fused-ring (bicyclic) bond motifs is 1. The Morgan fingerprint density at radius 1 is 1.16 bits per heavy atom.